The van der Waals surface area contributed by atoms with Gasteiger partial charge in [0.1, 0.15) is 11.6 Å². The summed E-state index contributed by atoms with van der Waals surface area (Å²) in [5.74, 6) is 1.04. The number of anilines is 2. The molecule has 3 aliphatic heterocycles. The first kappa shape index (κ1) is 21.0. The Kier molecular flexibility index (Phi) is 6.50. The molecule has 0 spiro atoms. The Morgan fingerprint density at radius 1 is 0.800 bits per heavy atom. The second kappa shape index (κ2) is 9.28. The highest BCUT2D eigenvalue weighted by molar-refractivity contribution is 5.64. The topological polar surface area (TPSA) is 15.7 Å². The van der Waals surface area contributed by atoms with Gasteiger partial charge >= 0.3 is 0 Å². The number of hydrogen-bond acceptors (Lipinski definition) is 3. The predicted molar refractivity (Wildman–Crippen MR) is 124 cm³/mol. The minimum atomic E-state index is 0.0420. The van der Waals surface area contributed by atoms with Gasteiger partial charge in [-0.2, -0.15) is 0 Å². The third kappa shape index (κ3) is 4.28. The van der Waals surface area contributed by atoms with Gasteiger partial charge in [0.2, 0.25) is 0 Å². The molecular weight excluding hydrogens is 375 g/mol. The molecule has 2 aromatic carbocycles. The Hall–Kier alpha value is -2.23. The van der Waals surface area contributed by atoms with Crippen molar-refractivity contribution in [2.45, 2.75) is 58.8 Å². The monoisotopic (exact) mass is 410 g/mol. The van der Waals surface area contributed by atoms with Gasteiger partial charge in [-0.3, -0.25) is 0 Å². The summed E-state index contributed by atoms with van der Waals surface area (Å²) in [6.07, 6.45) is 8.38. The third-order valence-corrected chi connectivity index (χ3v) is 6.75. The fourth-order valence-corrected chi connectivity index (χ4v) is 5.14. The molecule has 0 radical (unpaired) electrons. The lowest BCUT2D eigenvalue weighted by Crippen LogP contribution is -2.35. The van der Waals surface area contributed by atoms with Crippen LogP contribution in [0.3, 0.4) is 0 Å². The van der Waals surface area contributed by atoms with Crippen LogP contribution in [0, 0.1) is 19.7 Å². The number of hydrogen-bond donors (Lipinski definition) is 0. The van der Waals surface area contributed by atoms with E-state index in [2.05, 4.69) is 34.9 Å². The van der Waals surface area contributed by atoms with Crippen molar-refractivity contribution in [1.82, 2.24) is 0 Å². The normalized spacial score (nSPS) is 17.7. The lowest BCUT2D eigenvalue weighted by molar-refractivity contribution is 0.411. The van der Waals surface area contributed by atoms with E-state index < -0.39 is 0 Å². The first-order valence-corrected chi connectivity index (χ1v) is 11.5. The summed E-state index contributed by atoms with van der Waals surface area (Å²) < 4.78 is 19.3. The van der Waals surface area contributed by atoms with Gasteiger partial charge in [-0.1, -0.05) is 12.1 Å². The summed E-state index contributed by atoms with van der Waals surface area (Å²) in [5.41, 5.74) is 6.92. The zero-order valence-corrected chi connectivity index (χ0v) is 18.8. The van der Waals surface area contributed by atoms with Gasteiger partial charge in [0, 0.05) is 49.2 Å². The van der Waals surface area contributed by atoms with Crippen molar-refractivity contribution in [2.24, 2.45) is 0 Å². The van der Waals surface area contributed by atoms with Crippen molar-refractivity contribution in [3.05, 3.63) is 52.3 Å². The molecule has 0 unspecified atom stereocenters. The van der Waals surface area contributed by atoms with Crippen molar-refractivity contribution in [1.29, 1.82) is 0 Å². The maximum atomic E-state index is 14.0. The maximum Gasteiger partial charge on any atom is 0.131 e. The molecule has 30 heavy (non-hydrogen) atoms. The average molecular weight is 411 g/mol. The van der Waals surface area contributed by atoms with Crippen LogP contribution in [0.15, 0.2) is 24.3 Å². The number of nitrogens with zero attached hydrogens (tertiary/aromatic N) is 2. The largest absolute Gasteiger partial charge is 0.496 e. The zero-order chi connectivity index (χ0) is 21.1. The number of ether oxygens (including phenoxy) is 1. The number of halogens is 1. The molecule has 2 aromatic rings. The lowest BCUT2D eigenvalue weighted by atomic mass is 9.90. The molecule has 0 aromatic heterocycles. The van der Waals surface area contributed by atoms with Gasteiger partial charge in [0.25, 0.3) is 0 Å². The Balaban J connectivity index is 0.000000145. The van der Waals surface area contributed by atoms with Crippen molar-refractivity contribution in [3.63, 3.8) is 0 Å². The standard InChI is InChI=1S/C13H16FN.C13H19NO/c1-9-8-10-4-2-6-15-7-3-5-11(12(9)14)13(10)15;1-11-6-7-12(10-13(11)15-2)14-8-4-3-5-9-14/h8H,2-7H2,1H3;6-7,10H,3-5,8-9H2,1-2H3. The molecule has 0 saturated carbocycles. The van der Waals surface area contributed by atoms with E-state index in [-0.39, 0.29) is 5.82 Å². The van der Waals surface area contributed by atoms with Crippen LogP contribution in [0.1, 0.15) is 54.4 Å². The van der Waals surface area contributed by atoms with Gasteiger partial charge in [-0.15, -0.1) is 0 Å². The smallest absolute Gasteiger partial charge is 0.131 e. The molecule has 1 fully saturated rings. The highest BCUT2D eigenvalue weighted by Gasteiger charge is 2.26. The summed E-state index contributed by atoms with van der Waals surface area (Å²) in [6.45, 7) is 8.57. The van der Waals surface area contributed by atoms with E-state index >= 15 is 0 Å². The number of rotatable bonds is 2. The zero-order valence-electron chi connectivity index (χ0n) is 18.8. The Morgan fingerprint density at radius 2 is 1.50 bits per heavy atom. The highest BCUT2D eigenvalue weighted by Crippen LogP contribution is 2.37. The molecule has 0 N–H and O–H groups in total. The summed E-state index contributed by atoms with van der Waals surface area (Å²) in [5, 5.41) is 0. The van der Waals surface area contributed by atoms with E-state index in [9.17, 15) is 4.39 Å². The van der Waals surface area contributed by atoms with Crippen LogP contribution in [-0.4, -0.2) is 33.3 Å². The lowest BCUT2D eigenvalue weighted by Gasteiger charge is -2.37. The Labute approximate surface area is 180 Å². The minimum absolute atomic E-state index is 0.0420. The van der Waals surface area contributed by atoms with Crippen LogP contribution in [0.4, 0.5) is 15.8 Å². The first-order valence-electron chi connectivity index (χ1n) is 11.5. The molecule has 4 heteroatoms. The molecular formula is C26H35FN2O. The molecule has 0 atom stereocenters. The minimum Gasteiger partial charge on any atom is -0.496 e. The van der Waals surface area contributed by atoms with Crippen molar-refractivity contribution < 1.29 is 9.13 Å². The average Bonchev–Trinajstić information content (AvgIpc) is 2.79. The van der Waals surface area contributed by atoms with E-state index in [0.29, 0.717) is 0 Å². The van der Waals surface area contributed by atoms with Crippen LogP contribution >= 0.6 is 0 Å². The SMILES string of the molecule is COc1cc(N2CCCCC2)ccc1C.Cc1cc2c3c(c1F)CCCN3CCC2. The summed E-state index contributed by atoms with van der Waals surface area (Å²) in [7, 11) is 1.74. The maximum absolute atomic E-state index is 14.0. The number of benzene rings is 2. The fourth-order valence-electron chi connectivity index (χ4n) is 5.14. The van der Waals surface area contributed by atoms with E-state index in [4.69, 9.17) is 4.74 Å². The van der Waals surface area contributed by atoms with Crippen LogP contribution < -0.4 is 14.5 Å². The van der Waals surface area contributed by atoms with Crippen LogP contribution in [0.25, 0.3) is 0 Å². The van der Waals surface area contributed by atoms with Crippen LogP contribution in [0.2, 0.25) is 0 Å². The van der Waals surface area contributed by atoms with Gasteiger partial charge < -0.3 is 14.5 Å². The van der Waals surface area contributed by atoms with Crippen molar-refractivity contribution in [3.8, 4) is 5.75 Å². The summed E-state index contributed by atoms with van der Waals surface area (Å²) in [4.78, 5) is 4.83. The Morgan fingerprint density at radius 3 is 2.23 bits per heavy atom. The predicted octanol–water partition coefficient (Wildman–Crippen LogP) is 5.83. The first-order chi connectivity index (χ1) is 14.6. The molecule has 1 saturated heterocycles. The van der Waals surface area contributed by atoms with E-state index in [1.54, 1.807) is 7.11 Å². The van der Waals surface area contributed by atoms with Gasteiger partial charge in [0.05, 0.1) is 7.11 Å². The quantitative estimate of drug-likeness (QED) is 0.620. The molecule has 5 rings (SSSR count). The number of aryl methyl sites for hydroxylation is 3. The number of methoxy groups -OCH3 is 1. The Bertz CT molecular complexity index is 887. The van der Waals surface area contributed by atoms with E-state index in [1.807, 2.05) is 13.0 Å². The molecule has 0 amide bonds. The molecule has 3 heterocycles. The summed E-state index contributed by atoms with van der Waals surface area (Å²) in [6, 6.07) is 8.54. The number of piperidine rings is 1. The molecule has 3 aliphatic rings. The second-order valence-electron chi connectivity index (χ2n) is 8.89. The van der Waals surface area contributed by atoms with Gasteiger partial charge in [0.15, 0.2) is 0 Å². The van der Waals surface area contributed by atoms with Gasteiger partial charge in [-0.05, 0) is 81.5 Å². The highest BCUT2D eigenvalue weighted by atomic mass is 19.1. The second-order valence-corrected chi connectivity index (χ2v) is 8.89. The van der Waals surface area contributed by atoms with Crippen molar-refractivity contribution in [2.75, 3.05) is 43.1 Å². The fraction of sp³-hybridized carbons (Fsp3) is 0.538. The van der Waals surface area contributed by atoms with Crippen LogP contribution in [-0.2, 0) is 12.8 Å². The third-order valence-electron chi connectivity index (χ3n) is 6.75. The summed E-state index contributed by atoms with van der Waals surface area (Å²) >= 11 is 0. The van der Waals surface area contributed by atoms with Crippen LogP contribution in [0.5, 0.6) is 5.75 Å². The molecule has 0 bridgehead atoms. The van der Waals surface area contributed by atoms with E-state index in [1.165, 1.54) is 61.3 Å². The van der Waals surface area contributed by atoms with Gasteiger partial charge in [-0.25, -0.2) is 4.39 Å². The molecule has 162 valence electrons. The molecule has 3 nitrogen and oxygen atoms in total. The molecule has 0 aliphatic carbocycles. The van der Waals surface area contributed by atoms with Crippen molar-refractivity contribution >= 4 is 11.4 Å². The van der Waals surface area contributed by atoms with E-state index in [0.717, 1.165) is 49.2 Å².